The average Bonchev–Trinajstić information content (AvgIpc) is 3.45. The molecule has 1 aromatic rings. The maximum absolute atomic E-state index is 14.2. The first-order valence-electron chi connectivity index (χ1n) is 8.83. The molecule has 2 aliphatic rings. The normalized spacial score (nSPS) is 21.3. The van der Waals surface area contributed by atoms with Gasteiger partial charge >= 0.3 is 24.3 Å². The number of halogens is 8. The van der Waals surface area contributed by atoms with Gasteiger partial charge in [0.25, 0.3) is 5.66 Å². The van der Waals surface area contributed by atoms with Gasteiger partial charge in [0.05, 0.1) is 0 Å². The van der Waals surface area contributed by atoms with E-state index in [4.69, 9.17) is 9.90 Å². The first-order valence-corrected chi connectivity index (χ1v) is 9.62. The lowest BCUT2D eigenvalue weighted by molar-refractivity contribution is -0.192. The van der Waals surface area contributed by atoms with Crippen LogP contribution < -0.4 is 0 Å². The van der Waals surface area contributed by atoms with Gasteiger partial charge in [-0.1, -0.05) is 22.0 Å². The van der Waals surface area contributed by atoms with E-state index >= 15 is 0 Å². The van der Waals surface area contributed by atoms with Crippen molar-refractivity contribution in [2.45, 2.75) is 36.9 Å². The number of carboxylic acids is 2. The largest absolute Gasteiger partial charge is 0.490 e. The van der Waals surface area contributed by atoms with E-state index in [-0.39, 0.29) is 25.1 Å². The van der Waals surface area contributed by atoms with Crippen molar-refractivity contribution < 1.29 is 50.5 Å². The Balaban J connectivity index is 0.000000451. The zero-order valence-electron chi connectivity index (χ0n) is 15.8. The fourth-order valence-corrected chi connectivity index (χ4v) is 3.67. The number of rotatable bonds is 4. The molecule has 0 aliphatic carbocycles. The van der Waals surface area contributed by atoms with Gasteiger partial charge in [-0.25, -0.2) is 9.18 Å². The van der Waals surface area contributed by atoms with Crippen molar-refractivity contribution in [1.29, 1.82) is 0 Å². The van der Waals surface area contributed by atoms with Gasteiger partial charge in [-0.3, -0.25) is 9.69 Å². The van der Waals surface area contributed by atoms with E-state index in [9.17, 15) is 40.6 Å². The van der Waals surface area contributed by atoms with Crippen LogP contribution in [0.5, 0.6) is 0 Å². The highest BCUT2D eigenvalue weighted by atomic mass is 79.9. The van der Waals surface area contributed by atoms with E-state index < -0.39 is 47.7 Å². The number of nitrogens with zero attached hydrogens (tertiary/aromatic N) is 3. The zero-order valence-corrected chi connectivity index (χ0v) is 17.4. The first kappa shape index (κ1) is 26.0. The van der Waals surface area contributed by atoms with Gasteiger partial charge in [0, 0.05) is 22.5 Å². The Kier molecular flexibility index (Phi) is 7.54. The van der Waals surface area contributed by atoms with E-state index in [1.165, 1.54) is 17.0 Å². The second-order valence-corrected chi connectivity index (χ2v) is 7.88. The third kappa shape index (κ3) is 5.74. The van der Waals surface area contributed by atoms with Crippen LogP contribution in [0.1, 0.15) is 24.4 Å². The third-order valence-electron chi connectivity index (χ3n) is 4.85. The molecule has 1 saturated heterocycles. The van der Waals surface area contributed by atoms with Gasteiger partial charge in [-0.05, 0) is 31.5 Å². The zero-order chi connectivity index (χ0) is 24.5. The number of benzene rings is 1. The van der Waals surface area contributed by atoms with Crippen LogP contribution in [-0.2, 0) is 9.59 Å². The van der Waals surface area contributed by atoms with Crippen LogP contribution in [0, 0.1) is 11.7 Å². The Labute approximate surface area is 184 Å². The summed E-state index contributed by atoms with van der Waals surface area (Å²) < 4.78 is 86.0. The highest BCUT2D eigenvalue weighted by Gasteiger charge is 2.68. The minimum absolute atomic E-state index is 0.0814. The van der Waals surface area contributed by atoms with E-state index in [1.54, 1.807) is 0 Å². The molecule has 32 heavy (non-hydrogen) atoms. The molecular formula is C17H15BrF7N3O4. The maximum Gasteiger partial charge on any atom is 0.490 e. The molecule has 1 aromatic carbocycles. The van der Waals surface area contributed by atoms with Crippen LogP contribution in [-0.4, -0.2) is 58.2 Å². The monoisotopic (exact) mass is 537 g/mol. The van der Waals surface area contributed by atoms with Crippen molar-refractivity contribution in [3.05, 3.63) is 34.1 Å². The predicted octanol–water partition coefficient (Wildman–Crippen LogP) is 4.78. The fraction of sp³-hybridized carbons (Fsp3) is 0.529. The highest BCUT2D eigenvalue weighted by Crippen LogP contribution is 2.52. The first-order chi connectivity index (χ1) is 14.6. The molecule has 2 N–H and O–H groups in total. The predicted molar refractivity (Wildman–Crippen MR) is 96.1 cm³/mol. The van der Waals surface area contributed by atoms with Crippen LogP contribution in [0.25, 0.3) is 0 Å². The van der Waals surface area contributed by atoms with Gasteiger partial charge in [-0.15, -0.1) is 10.2 Å². The molecule has 2 heterocycles. The van der Waals surface area contributed by atoms with Crippen molar-refractivity contribution in [3.8, 4) is 0 Å². The van der Waals surface area contributed by atoms with Crippen LogP contribution in [0.4, 0.5) is 30.7 Å². The second kappa shape index (κ2) is 9.29. The van der Waals surface area contributed by atoms with E-state index in [2.05, 4.69) is 26.2 Å². The van der Waals surface area contributed by atoms with Crippen LogP contribution in [0.15, 0.2) is 32.9 Å². The van der Waals surface area contributed by atoms with Gasteiger partial charge in [0.2, 0.25) is 0 Å². The summed E-state index contributed by atoms with van der Waals surface area (Å²) in [6.07, 6.45) is -9.10. The summed E-state index contributed by atoms with van der Waals surface area (Å²) in [6, 6.07) is 2.60. The van der Waals surface area contributed by atoms with Crippen molar-refractivity contribution in [2.24, 2.45) is 16.1 Å². The lowest BCUT2D eigenvalue weighted by Crippen LogP contribution is -2.50. The van der Waals surface area contributed by atoms with Crippen molar-refractivity contribution in [3.63, 3.8) is 0 Å². The van der Waals surface area contributed by atoms with E-state index in [0.717, 1.165) is 6.07 Å². The minimum atomic E-state index is -5.08. The number of hydrogen-bond donors (Lipinski definition) is 2. The van der Waals surface area contributed by atoms with Gasteiger partial charge in [0.1, 0.15) is 11.9 Å². The summed E-state index contributed by atoms with van der Waals surface area (Å²) in [5, 5.41) is 23.1. The molecule has 0 spiro atoms. The Morgan fingerprint density at radius 3 is 2.12 bits per heavy atom. The summed E-state index contributed by atoms with van der Waals surface area (Å²) in [5.41, 5.74) is -2.52. The summed E-state index contributed by atoms with van der Waals surface area (Å²) in [6.45, 7) is 0.0931. The number of aliphatic carboxylic acids is 2. The van der Waals surface area contributed by atoms with E-state index in [1.807, 2.05) is 0 Å². The Morgan fingerprint density at radius 1 is 1.16 bits per heavy atom. The smallest absolute Gasteiger partial charge is 0.480 e. The third-order valence-corrected chi connectivity index (χ3v) is 5.35. The number of carbonyl (C=O) groups is 2. The number of piperidine rings is 1. The van der Waals surface area contributed by atoms with Gasteiger partial charge in [-0.2, -0.15) is 26.3 Å². The van der Waals surface area contributed by atoms with Gasteiger partial charge in [0.15, 0.2) is 0 Å². The summed E-state index contributed by atoms with van der Waals surface area (Å²) in [5.74, 6) is -5.77. The molecule has 3 rings (SSSR count). The molecule has 0 bridgehead atoms. The fourth-order valence-electron chi connectivity index (χ4n) is 3.34. The standard InChI is InChI=1S/C15H14BrF4N3O2.C2HF3O2/c16-9-3-4-10(11(17)6-9)12(13(24)25)23-5-1-2-8(7-23)14(21-22-14)15(18,19)20;3-2(4,5)1(6)7/h3-4,6,8,12H,1-2,5,7H2,(H,24,25);(H,6,7). The molecule has 178 valence electrons. The summed E-state index contributed by atoms with van der Waals surface area (Å²) in [4.78, 5) is 22.0. The molecule has 2 aliphatic heterocycles. The number of likely N-dealkylation sites (tertiary alicyclic amines) is 1. The number of hydrogen-bond acceptors (Lipinski definition) is 5. The average molecular weight is 538 g/mol. The second-order valence-electron chi connectivity index (χ2n) is 6.97. The molecule has 2 unspecified atom stereocenters. The van der Waals surface area contributed by atoms with Crippen LogP contribution >= 0.6 is 15.9 Å². The van der Waals surface area contributed by atoms with Gasteiger partial charge < -0.3 is 10.2 Å². The summed E-state index contributed by atoms with van der Waals surface area (Å²) >= 11 is 3.09. The van der Waals surface area contributed by atoms with Crippen molar-refractivity contribution in [1.82, 2.24) is 4.90 Å². The molecule has 0 aromatic heterocycles. The SMILES string of the molecule is O=C(O)C(F)(F)F.O=C(O)C(c1ccc(Br)cc1F)N1CCCC(C2(C(F)(F)F)N=N2)C1. The summed E-state index contributed by atoms with van der Waals surface area (Å²) in [7, 11) is 0. The molecule has 15 heteroatoms. The lowest BCUT2D eigenvalue weighted by Gasteiger charge is -2.38. The topological polar surface area (TPSA) is 103 Å². The van der Waals surface area contributed by atoms with Crippen LogP contribution in [0.2, 0.25) is 0 Å². The number of carboxylic acid groups (broad SMARTS) is 2. The lowest BCUT2D eigenvalue weighted by atomic mass is 9.86. The quantitative estimate of drug-likeness (QED) is 0.538. The maximum atomic E-state index is 14.2. The molecule has 7 nitrogen and oxygen atoms in total. The Bertz CT molecular complexity index is 901. The molecule has 2 atom stereocenters. The molecule has 0 radical (unpaired) electrons. The number of alkyl halides is 6. The molecule has 0 saturated carbocycles. The Hall–Kier alpha value is -2.29. The molecule has 0 amide bonds. The van der Waals surface area contributed by atoms with Crippen molar-refractivity contribution in [2.75, 3.05) is 13.1 Å². The Morgan fingerprint density at radius 2 is 1.72 bits per heavy atom. The van der Waals surface area contributed by atoms with Crippen molar-refractivity contribution >= 4 is 27.9 Å². The van der Waals surface area contributed by atoms with Crippen LogP contribution in [0.3, 0.4) is 0 Å². The highest BCUT2D eigenvalue weighted by molar-refractivity contribution is 9.10. The molecular weight excluding hydrogens is 523 g/mol. The molecule has 1 fully saturated rings. The minimum Gasteiger partial charge on any atom is -0.480 e. The van der Waals surface area contributed by atoms with E-state index in [0.29, 0.717) is 10.9 Å².